The van der Waals surface area contributed by atoms with E-state index in [1.807, 2.05) is 54.6 Å². The molecule has 0 unspecified atom stereocenters. The van der Waals surface area contributed by atoms with Crippen LogP contribution in [0, 0.1) is 0 Å². The van der Waals surface area contributed by atoms with Gasteiger partial charge in [0.1, 0.15) is 13.2 Å². The molecule has 1 aliphatic rings. The summed E-state index contributed by atoms with van der Waals surface area (Å²) in [6, 6.07) is 17.1. The predicted octanol–water partition coefficient (Wildman–Crippen LogP) is 2.78. The lowest BCUT2D eigenvalue weighted by molar-refractivity contribution is 0.0713. The van der Waals surface area contributed by atoms with E-state index in [2.05, 4.69) is 15.3 Å². The molecule has 0 saturated carbocycles. The number of oxime groups is 1. The summed E-state index contributed by atoms with van der Waals surface area (Å²) in [5.41, 5.74) is 9.03. The molecule has 8 nitrogen and oxygen atoms in total. The molecule has 0 radical (unpaired) electrons. The van der Waals surface area contributed by atoms with Crippen molar-refractivity contribution in [3.63, 3.8) is 0 Å². The molecule has 2 heterocycles. The number of amides is 1. The van der Waals surface area contributed by atoms with Gasteiger partial charge in [0.25, 0.3) is 5.91 Å². The van der Waals surface area contributed by atoms with E-state index in [0.717, 1.165) is 16.8 Å². The topological polar surface area (TPSA) is 107 Å². The molecule has 0 aliphatic carbocycles. The van der Waals surface area contributed by atoms with Crippen LogP contribution in [-0.4, -0.2) is 40.3 Å². The number of rotatable bonds is 5. The number of aromatic nitrogens is 2. The molecule has 8 heteroatoms. The number of hydrogen-bond donors (Lipinski definition) is 1. The third-order valence-corrected chi connectivity index (χ3v) is 4.83. The van der Waals surface area contributed by atoms with Gasteiger partial charge in [-0.25, -0.2) is 0 Å². The number of benzene rings is 2. The minimum absolute atomic E-state index is 0.136. The van der Waals surface area contributed by atoms with Crippen molar-refractivity contribution in [3.05, 3.63) is 71.9 Å². The molecule has 148 valence electrons. The van der Waals surface area contributed by atoms with E-state index >= 15 is 0 Å². The molecule has 1 fully saturated rings. The summed E-state index contributed by atoms with van der Waals surface area (Å²) in [5, 5.41) is 7.86. The molecule has 1 saturated heterocycles. The maximum atomic E-state index is 13.2. The quantitative estimate of drug-likeness (QED) is 0.670. The van der Waals surface area contributed by atoms with Crippen molar-refractivity contribution in [3.8, 4) is 11.1 Å². The van der Waals surface area contributed by atoms with Crippen LogP contribution in [0.3, 0.4) is 0 Å². The molecule has 0 bridgehead atoms. The van der Waals surface area contributed by atoms with E-state index in [9.17, 15) is 4.79 Å². The predicted molar refractivity (Wildman–Crippen MR) is 107 cm³/mol. The average Bonchev–Trinajstić information content (AvgIpc) is 3.41. The van der Waals surface area contributed by atoms with Crippen molar-refractivity contribution in [2.75, 3.05) is 13.7 Å². The van der Waals surface area contributed by atoms with Crippen LogP contribution in [0.1, 0.15) is 34.5 Å². The van der Waals surface area contributed by atoms with Gasteiger partial charge in [0, 0.05) is 12.0 Å². The van der Waals surface area contributed by atoms with Gasteiger partial charge in [-0.05, 0) is 23.3 Å². The summed E-state index contributed by atoms with van der Waals surface area (Å²) in [4.78, 5) is 24.1. The Balaban J connectivity index is 1.60. The lowest BCUT2D eigenvalue weighted by atomic mass is 10.0. The molecule has 1 aliphatic heterocycles. The molecule has 0 spiro atoms. The maximum Gasteiger partial charge on any atom is 0.254 e. The monoisotopic (exact) mass is 391 g/mol. The van der Waals surface area contributed by atoms with E-state index in [4.69, 9.17) is 15.1 Å². The van der Waals surface area contributed by atoms with Gasteiger partial charge in [0.05, 0.1) is 18.8 Å². The Labute approximate surface area is 168 Å². The second-order valence-corrected chi connectivity index (χ2v) is 6.69. The Morgan fingerprint density at radius 1 is 1.21 bits per heavy atom. The normalized spacial score (nSPS) is 17.7. The molecule has 29 heavy (non-hydrogen) atoms. The second-order valence-electron chi connectivity index (χ2n) is 6.69. The molecule has 4 rings (SSSR count). The number of nitrogens with two attached hydrogens (primary N) is 1. The van der Waals surface area contributed by atoms with Gasteiger partial charge in [-0.1, -0.05) is 52.8 Å². The average molecular weight is 391 g/mol. The molecule has 1 aromatic heterocycles. The van der Waals surface area contributed by atoms with Gasteiger partial charge in [-0.2, -0.15) is 4.98 Å². The molecule has 1 atom stereocenters. The zero-order valence-electron chi connectivity index (χ0n) is 16.0. The van der Waals surface area contributed by atoms with Crippen LogP contribution in [0.25, 0.3) is 11.1 Å². The zero-order chi connectivity index (χ0) is 20.2. The van der Waals surface area contributed by atoms with Gasteiger partial charge in [-0.15, -0.1) is 0 Å². The van der Waals surface area contributed by atoms with Crippen LogP contribution in [0.4, 0.5) is 0 Å². The molecule has 3 aromatic rings. The van der Waals surface area contributed by atoms with E-state index in [0.29, 0.717) is 30.2 Å². The molecule has 1 amide bonds. The molecular formula is C21H21N5O3. The number of likely N-dealkylation sites (tertiary alicyclic amines) is 1. The summed E-state index contributed by atoms with van der Waals surface area (Å²) < 4.78 is 5.33. The molecular weight excluding hydrogens is 370 g/mol. The number of carbonyl (C=O) groups excluding carboxylic acids is 1. The van der Waals surface area contributed by atoms with Crippen LogP contribution in [0.15, 0.2) is 64.3 Å². The van der Waals surface area contributed by atoms with Crippen LogP contribution in [0.5, 0.6) is 0 Å². The lowest BCUT2D eigenvalue weighted by Crippen LogP contribution is -2.31. The van der Waals surface area contributed by atoms with Crippen molar-refractivity contribution < 1.29 is 14.2 Å². The van der Waals surface area contributed by atoms with Crippen LogP contribution in [-0.2, 0) is 11.4 Å². The zero-order valence-corrected chi connectivity index (χ0v) is 16.0. The fraction of sp³-hybridized carbons (Fsp3) is 0.238. The number of hydrogen-bond acceptors (Lipinski definition) is 7. The Hall–Kier alpha value is -3.52. The second kappa shape index (κ2) is 8.24. The Morgan fingerprint density at radius 2 is 1.93 bits per heavy atom. The van der Waals surface area contributed by atoms with Crippen molar-refractivity contribution in [1.82, 2.24) is 15.0 Å². The minimum atomic E-state index is -0.405. The summed E-state index contributed by atoms with van der Waals surface area (Å²) in [5.74, 6) is 0.612. The van der Waals surface area contributed by atoms with Crippen molar-refractivity contribution >= 4 is 11.6 Å². The number of nitrogens with zero attached hydrogens (tertiary/aromatic N) is 4. The lowest BCUT2D eigenvalue weighted by Gasteiger charge is -2.21. The summed E-state index contributed by atoms with van der Waals surface area (Å²) in [6.07, 6.45) is 0.466. The Bertz CT molecular complexity index is 1010. The summed E-state index contributed by atoms with van der Waals surface area (Å²) in [7, 11) is 1.48. The van der Waals surface area contributed by atoms with Gasteiger partial charge in [0.2, 0.25) is 5.89 Å². The highest BCUT2D eigenvalue weighted by molar-refractivity contribution is 6.00. The van der Waals surface area contributed by atoms with E-state index < -0.39 is 6.04 Å². The highest BCUT2D eigenvalue weighted by Crippen LogP contribution is 2.31. The van der Waals surface area contributed by atoms with Gasteiger partial charge < -0.3 is 20.0 Å². The van der Waals surface area contributed by atoms with E-state index in [-0.39, 0.29) is 12.5 Å². The smallest absolute Gasteiger partial charge is 0.254 e. The van der Waals surface area contributed by atoms with Crippen LogP contribution < -0.4 is 5.73 Å². The third kappa shape index (κ3) is 3.88. The standard InChI is InChI=1S/C21H21N5O3/c1-28-24-17-11-18(20-23-19(12-22)25-29-20)26(13-17)21(27)16-9-7-15(8-10-16)14-5-3-2-4-6-14/h2-10,18H,11-13,22H2,1H3/t18-/m0/s1. The third-order valence-electron chi connectivity index (χ3n) is 4.83. The Morgan fingerprint density at radius 3 is 2.59 bits per heavy atom. The number of carbonyl (C=O) groups is 1. The van der Waals surface area contributed by atoms with Crippen LogP contribution in [0.2, 0.25) is 0 Å². The summed E-state index contributed by atoms with van der Waals surface area (Å²) >= 11 is 0. The first-order valence-electron chi connectivity index (χ1n) is 9.27. The SMILES string of the molecule is CON=C1C[C@@H](c2nc(CN)no2)N(C(=O)c2ccc(-c3ccccc3)cc2)C1. The minimum Gasteiger partial charge on any atom is -0.399 e. The van der Waals surface area contributed by atoms with Gasteiger partial charge >= 0.3 is 0 Å². The van der Waals surface area contributed by atoms with E-state index in [1.54, 1.807) is 4.90 Å². The van der Waals surface area contributed by atoms with Crippen molar-refractivity contribution in [1.29, 1.82) is 0 Å². The fourth-order valence-corrected chi connectivity index (χ4v) is 3.42. The summed E-state index contributed by atoms with van der Waals surface area (Å²) in [6.45, 7) is 0.502. The Kier molecular flexibility index (Phi) is 5.35. The highest BCUT2D eigenvalue weighted by atomic mass is 16.6. The van der Waals surface area contributed by atoms with Gasteiger partial charge in [0.15, 0.2) is 5.82 Å². The van der Waals surface area contributed by atoms with Crippen molar-refractivity contribution in [2.45, 2.75) is 19.0 Å². The molecule has 2 N–H and O–H groups in total. The maximum absolute atomic E-state index is 13.2. The first kappa shape index (κ1) is 18.8. The first-order valence-corrected chi connectivity index (χ1v) is 9.27. The fourth-order valence-electron chi connectivity index (χ4n) is 3.42. The van der Waals surface area contributed by atoms with Gasteiger partial charge in [-0.3, -0.25) is 4.79 Å². The largest absolute Gasteiger partial charge is 0.399 e. The van der Waals surface area contributed by atoms with E-state index in [1.165, 1.54) is 7.11 Å². The van der Waals surface area contributed by atoms with Crippen molar-refractivity contribution in [2.24, 2.45) is 10.9 Å². The molecule has 2 aromatic carbocycles. The first-order chi connectivity index (χ1) is 14.2. The highest BCUT2D eigenvalue weighted by Gasteiger charge is 2.38. The van der Waals surface area contributed by atoms with Crippen LogP contribution >= 0.6 is 0 Å².